The number of benzene rings is 2. The predicted octanol–water partition coefficient (Wildman–Crippen LogP) is 5.73. The Hall–Kier alpha value is -2.82. The lowest BCUT2D eigenvalue weighted by molar-refractivity contribution is -0.385. The van der Waals surface area contributed by atoms with Crippen LogP contribution in [0.4, 0.5) is 11.4 Å². The molecular formula is C23H26N2O3. The number of allylic oxidation sites excluding steroid dienone is 2. The molecule has 0 fully saturated rings. The fraction of sp³-hybridized carbons (Fsp3) is 0.391. The highest BCUT2D eigenvalue weighted by atomic mass is 16.6. The summed E-state index contributed by atoms with van der Waals surface area (Å²) in [5, 5.41) is 15.2. The van der Waals surface area contributed by atoms with E-state index in [2.05, 4.69) is 62.5 Å². The van der Waals surface area contributed by atoms with Gasteiger partial charge in [-0.05, 0) is 34.9 Å². The molecule has 146 valence electrons. The maximum Gasteiger partial charge on any atom is 0.275 e. The third kappa shape index (κ3) is 2.95. The van der Waals surface area contributed by atoms with Gasteiger partial charge < -0.3 is 10.1 Å². The normalized spacial score (nSPS) is 22.9. The number of methoxy groups -OCH3 is 1. The zero-order chi connectivity index (χ0) is 20.1. The molecule has 2 aromatic rings. The standard InChI is InChI=1S/C23H26N2O3/c1-23(2,3)15-10-8-14(9-11-15)21-17-7-5-6-16(17)20-18(25(26)27)12-13-19(28-4)22(20)24-21/h5-6,8-13,16-17,21,24H,7H2,1-4H3/t16-,17+,21-/m1/s1. The van der Waals surface area contributed by atoms with Crippen LogP contribution in [0.25, 0.3) is 0 Å². The second kappa shape index (κ2) is 6.66. The average Bonchev–Trinajstić information content (AvgIpc) is 3.15. The Kier molecular flexibility index (Phi) is 4.41. The first-order valence-electron chi connectivity index (χ1n) is 9.70. The largest absolute Gasteiger partial charge is 0.495 e. The van der Waals surface area contributed by atoms with Crippen molar-refractivity contribution in [2.75, 3.05) is 12.4 Å². The molecule has 5 nitrogen and oxygen atoms in total. The van der Waals surface area contributed by atoms with Gasteiger partial charge in [-0.15, -0.1) is 0 Å². The molecule has 2 aliphatic rings. The van der Waals surface area contributed by atoms with Crippen LogP contribution in [0.2, 0.25) is 0 Å². The second-order valence-corrected chi connectivity index (χ2v) is 8.68. The van der Waals surface area contributed by atoms with Gasteiger partial charge in [0.05, 0.1) is 29.3 Å². The van der Waals surface area contributed by atoms with Crippen molar-refractivity contribution in [2.45, 2.75) is 44.6 Å². The predicted molar refractivity (Wildman–Crippen MR) is 111 cm³/mol. The van der Waals surface area contributed by atoms with Gasteiger partial charge in [0.2, 0.25) is 0 Å². The van der Waals surface area contributed by atoms with Gasteiger partial charge in [0, 0.05) is 12.0 Å². The molecular weight excluding hydrogens is 352 g/mol. The number of hydrogen-bond donors (Lipinski definition) is 1. The fourth-order valence-corrected chi connectivity index (χ4v) is 4.51. The topological polar surface area (TPSA) is 64.4 Å². The van der Waals surface area contributed by atoms with Gasteiger partial charge in [0.15, 0.2) is 0 Å². The zero-order valence-corrected chi connectivity index (χ0v) is 16.7. The van der Waals surface area contributed by atoms with Gasteiger partial charge in [-0.2, -0.15) is 0 Å². The molecule has 2 aromatic carbocycles. The van der Waals surface area contributed by atoms with Gasteiger partial charge in [0.1, 0.15) is 5.75 Å². The van der Waals surface area contributed by atoms with Gasteiger partial charge in [-0.1, -0.05) is 57.2 Å². The molecule has 0 aromatic heterocycles. The maximum absolute atomic E-state index is 11.7. The molecule has 1 aliphatic heterocycles. The Bertz CT molecular complexity index is 942. The smallest absolute Gasteiger partial charge is 0.275 e. The summed E-state index contributed by atoms with van der Waals surface area (Å²) in [7, 11) is 1.60. The van der Waals surface area contributed by atoms with Crippen molar-refractivity contribution < 1.29 is 9.66 Å². The van der Waals surface area contributed by atoms with Crippen LogP contribution in [0.1, 0.15) is 55.8 Å². The molecule has 0 spiro atoms. The van der Waals surface area contributed by atoms with E-state index < -0.39 is 0 Å². The Morgan fingerprint density at radius 2 is 1.86 bits per heavy atom. The zero-order valence-electron chi connectivity index (χ0n) is 16.7. The van der Waals surface area contributed by atoms with E-state index in [-0.39, 0.29) is 33.9 Å². The SMILES string of the molecule is COc1ccc([N+](=O)[O-])c2c1N[C@H](c1ccc(C(C)(C)C)cc1)[C@H]1CC=C[C@@H]21. The van der Waals surface area contributed by atoms with E-state index in [0.29, 0.717) is 5.75 Å². The van der Waals surface area contributed by atoms with Gasteiger partial charge in [-0.25, -0.2) is 0 Å². The van der Waals surface area contributed by atoms with Crippen molar-refractivity contribution in [3.63, 3.8) is 0 Å². The van der Waals surface area contributed by atoms with Crippen LogP contribution >= 0.6 is 0 Å². The number of nitro benzene ring substituents is 1. The van der Waals surface area contributed by atoms with Crippen molar-refractivity contribution in [3.8, 4) is 5.75 Å². The average molecular weight is 378 g/mol. The van der Waals surface area contributed by atoms with Crippen LogP contribution in [0.5, 0.6) is 5.75 Å². The molecule has 28 heavy (non-hydrogen) atoms. The summed E-state index contributed by atoms with van der Waals surface area (Å²) in [4.78, 5) is 11.4. The summed E-state index contributed by atoms with van der Waals surface area (Å²) in [5.41, 5.74) is 4.24. The van der Waals surface area contributed by atoms with E-state index >= 15 is 0 Å². The minimum Gasteiger partial charge on any atom is -0.495 e. The minimum atomic E-state index is -0.290. The van der Waals surface area contributed by atoms with E-state index in [1.807, 2.05) is 0 Å². The van der Waals surface area contributed by atoms with Crippen LogP contribution in [-0.2, 0) is 5.41 Å². The number of anilines is 1. The van der Waals surface area contributed by atoms with Crippen LogP contribution < -0.4 is 10.1 Å². The molecule has 1 N–H and O–H groups in total. The Morgan fingerprint density at radius 1 is 1.14 bits per heavy atom. The number of ether oxygens (including phenoxy) is 1. The lowest BCUT2D eigenvalue weighted by atomic mass is 9.75. The van der Waals surface area contributed by atoms with E-state index in [9.17, 15) is 10.1 Å². The van der Waals surface area contributed by atoms with Gasteiger partial charge in [-0.3, -0.25) is 10.1 Å². The molecule has 5 heteroatoms. The number of nitrogens with zero attached hydrogens (tertiary/aromatic N) is 1. The quantitative estimate of drug-likeness (QED) is 0.421. The van der Waals surface area contributed by atoms with Crippen molar-refractivity contribution in [3.05, 3.63) is 75.4 Å². The van der Waals surface area contributed by atoms with Crippen LogP contribution in [0, 0.1) is 16.0 Å². The molecule has 4 rings (SSSR count). The monoisotopic (exact) mass is 378 g/mol. The van der Waals surface area contributed by atoms with Crippen molar-refractivity contribution in [1.29, 1.82) is 0 Å². The minimum absolute atomic E-state index is 0.0130. The maximum atomic E-state index is 11.7. The van der Waals surface area contributed by atoms with E-state index in [1.165, 1.54) is 11.1 Å². The first kappa shape index (κ1) is 18.5. The summed E-state index contributed by atoms with van der Waals surface area (Å²) < 4.78 is 5.53. The molecule has 1 heterocycles. The third-order valence-corrected chi connectivity index (χ3v) is 6.01. The van der Waals surface area contributed by atoms with Crippen molar-refractivity contribution in [2.24, 2.45) is 5.92 Å². The molecule has 0 bridgehead atoms. The van der Waals surface area contributed by atoms with E-state index in [1.54, 1.807) is 19.2 Å². The molecule has 1 aliphatic carbocycles. The first-order chi connectivity index (χ1) is 13.3. The van der Waals surface area contributed by atoms with Gasteiger partial charge >= 0.3 is 0 Å². The highest BCUT2D eigenvalue weighted by Gasteiger charge is 2.42. The lowest BCUT2D eigenvalue weighted by Gasteiger charge is -2.38. The lowest BCUT2D eigenvalue weighted by Crippen LogP contribution is -2.30. The van der Waals surface area contributed by atoms with Crippen molar-refractivity contribution >= 4 is 11.4 Å². The summed E-state index contributed by atoms with van der Waals surface area (Å²) in [6.45, 7) is 6.62. The number of fused-ring (bicyclic) bond motifs is 3. The molecule has 3 atom stereocenters. The summed E-state index contributed by atoms with van der Waals surface area (Å²) >= 11 is 0. The molecule has 0 amide bonds. The third-order valence-electron chi connectivity index (χ3n) is 6.01. The molecule has 0 saturated carbocycles. The van der Waals surface area contributed by atoms with E-state index in [0.717, 1.165) is 17.7 Å². The highest BCUT2D eigenvalue weighted by Crippen LogP contribution is 2.54. The highest BCUT2D eigenvalue weighted by molar-refractivity contribution is 5.73. The van der Waals surface area contributed by atoms with Crippen LogP contribution in [0.15, 0.2) is 48.6 Å². The Morgan fingerprint density at radius 3 is 2.46 bits per heavy atom. The molecule has 0 unspecified atom stereocenters. The molecule has 0 saturated heterocycles. The second-order valence-electron chi connectivity index (χ2n) is 8.68. The van der Waals surface area contributed by atoms with Crippen LogP contribution in [0.3, 0.4) is 0 Å². The summed E-state index contributed by atoms with van der Waals surface area (Å²) in [5.74, 6) is 0.911. The Labute approximate surface area is 165 Å². The summed E-state index contributed by atoms with van der Waals surface area (Å²) in [6, 6.07) is 12.1. The Balaban J connectivity index is 1.80. The fourth-order valence-electron chi connectivity index (χ4n) is 4.51. The van der Waals surface area contributed by atoms with Crippen LogP contribution in [-0.4, -0.2) is 12.0 Å². The van der Waals surface area contributed by atoms with E-state index in [4.69, 9.17) is 4.74 Å². The number of nitro groups is 1. The van der Waals surface area contributed by atoms with Gasteiger partial charge in [0.25, 0.3) is 5.69 Å². The number of nitrogens with one attached hydrogen (secondary N) is 1. The summed E-state index contributed by atoms with van der Waals surface area (Å²) in [6.07, 6.45) is 5.16. The first-order valence-corrected chi connectivity index (χ1v) is 9.70. The molecule has 0 radical (unpaired) electrons. The number of rotatable bonds is 3. The number of hydrogen-bond acceptors (Lipinski definition) is 4. The van der Waals surface area contributed by atoms with Crippen molar-refractivity contribution in [1.82, 2.24) is 0 Å².